The van der Waals surface area contributed by atoms with Gasteiger partial charge in [0, 0.05) is 24.1 Å². The summed E-state index contributed by atoms with van der Waals surface area (Å²) in [4.78, 5) is 27.4. The number of anilines is 1. The molecule has 0 aromatic heterocycles. The molecule has 1 aromatic rings. The predicted octanol–water partition coefficient (Wildman–Crippen LogP) is 2.84. The molecule has 2 amide bonds. The highest BCUT2D eigenvalue weighted by molar-refractivity contribution is 6.53. The second-order valence-corrected chi connectivity index (χ2v) is 6.95. The van der Waals surface area contributed by atoms with Crippen LogP contribution in [0.1, 0.15) is 18.4 Å². The lowest BCUT2D eigenvalue weighted by Gasteiger charge is -2.14. The SMILES string of the molecule is [C-]#[N+]C1(c2ccc(N3CC(CNC(=O)C(Cl)Cl)OC3=O)cc2)CC1. The van der Waals surface area contributed by atoms with Crippen LogP contribution in [0.5, 0.6) is 0 Å². The molecular formula is C16H15Cl2N3O3. The first-order valence-corrected chi connectivity index (χ1v) is 8.36. The summed E-state index contributed by atoms with van der Waals surface area (Å²) in [7, 11) is 0. The first kappa shape index (κ1) is 16.9. The van der Waals surface area contributed by atoms with Crippen LogP contribution >= 0.6 is 23.2 Å². The minimum Gasteiger partial charge on any atom is -0.442 e. The van der Waals surface area contributed by atoms with Gasteiger partial charge in [0.1, 0.15) is 6.10 Å². The number of ether oxygens (including phenoxy) is 1. The number of carbonyl (C=O) groups is 2. The summed E-state index contributed by atoms with van der Waals surface area (Å²) in [6, 6.07) is 7.40. The summed E-state index contributed by atoms with van der Waals surface area (Å²) in [6.45, 7) is 7.75. The van der Waals surface area contributed by atoms with Crippen molar-refractivity contribution in [2.24, 2.45) is 0 Å². The monoisotopic (exact) mass is 367 g/mol. The van der Waals surface area contributed by atoms with Gasteiger partial charge in [-0.05, 0) is 24.3 Å². The van der Waals surface area contributed by atoms with Gasteiger partial charge >= 0.3 is 6.09 Å². The van der Waals surface area contributed by atoms with Gasteiger partial charge in [0.05, 0.1) is 13.1 Å². The zero-order chi connectivity index (χ0) is 17.3. The number of nitrogens with one attached hydrogen (secondary N) is 1. The minimum atomic E-state index is -1.15. The van der Waals surface area contributed by atoms with Crippen molar-refractivity contribution in [1.82, 2.24) is 5.32 Å². The van der Waals surface area contributed by atoms with Gasteiger partial charge in [-0.15, -0.1) is 0 Å². The Labute approximate surface area is 149 Å². The number of hydrogen-bond acceptors (Lipinski definition) is 3. The summed E-state index contributed by atoms with van der Waals surface area (Å²) in [6.07, 6.45) is 0.824. The normalized spacial score (nSPS) is 21.3. The maximum atomic E-state index is 12.0. The number of carbonyl (C=O) groups excluding carboxylic acids is 2. The number of hydrogen-bond donors (Lipinski definition) is 1. The largest absolute Gasteiger partial charge is 0.442 e. The van der Waals surface area contributed by atoms with E-state index in [0.29, 0.717) is 12.2 Å². The molecule has 1 heterocycles. The summed E-state index contributed by atoms with van der Waals surface area (Å²) >= 11 is 10.9. The molecule has 1 saturated heterocycles. The van der Waals surface area contributed by atoms with E-state index in [1.807, 2.05) is 24.3 Å². The maximum absolute atomic E-state index is 12.0. The Balaban J connectivity index is 1.62. The number of benzene rings is 1. The predicted molar refractivity (Wildman–Crippen MR) is 90.1 cm³/mol. The Bertz CT molecular complexity index is 696. The molecule has 1 aliphatic carbocycles. The van der Waals surface area contributed by atoms with E-state index in [4.69, 9.17) is 34.5 Å². The van der Waals surface area contributed by atoms with Crippen molar-refractivity contribution in [2.75, 3.05) is 18.0 Å². The highest BCUT2D eigenvalue weighted by Gasteiger charge is 2.52. The van der Waals surface area contributed by atoms with Crippen LogP contribution < -0.4 is 10.2 Å². The average molecular weight is 368 g/mol. The number of rotatable bonds is 5. The van der Waals surface area contributed by atoms with Gasteiger partial charge in [-0.1, -0.05) is 23.2 Å². The zero-order valence-electron chi connectivity index (χ0n) is 12.7. The molecule has 1 saturated carbocycles. The van der Waals surface area contributed by atoms with Crippen LogP contribution in [0.4, 0.5) is 10.5 Å². The quantitative estimate of drug-likeness (QED) is 0.642. The molecule has 0 spiro atoms. The Kier molecular flexibility index (Phi) is 4.57. The maximum Gasteiger partial charge on any atom is 0.414 e. The number of amides is 2. The van der Waals surface area contributed by atoms with Crippen molar-refractivity contribution in [3.8, 4) is 0 Å². The lowest BCUT2D eigenvalue weighted by atomic mass is 10.1. The molecule has 1 atom stereocenters. The molecule has 3 rings (SSSR count). The number of nitrogens with zero attached hydrogens (tertiary/aromatic N) is 2. The van der Waals surface area contributed by atoms with E-state index in [1.54, 1.807) is 0 Å². The summed E-state index contributed by atoms with van der Waals surface area (Å²) < 4.78 is 5.23. The van der Waals surface area contributed by atoms with E-state index < -0.39 is 22.9 Å². The van der Waals surface area contributed by atoms with E-state index in [1.165, 1.54) is 4.90 Å². The molecule has 24 heavy (non-hydrogen) atoms. The van der Waals surface area contributed by atoms with Gasteiger partial charge in [0.25, 0.3) is 11.4 Å². The molecule has 2 fully saturated rings. The van der Waals surface area contributed by atoms with E-state index in [-0.39, 0.29) is 12.1 Å². The Hall–Kier alpha value is -1.97. The zero-order valence-corrected chi connectivity index (χ0v) is 14.2. The molecule has 6 nitrogen and oxygen atoms in total. The fourth-order valence-corrected chi connectivity index (χ4v) is 2.82. The van der Waals surface area contributed by atoms with Crippen LogP contribution in [0.2, 0.25) is 0 Å². The average Bonchev–Trinajstić information content (AvgIpc) is 3.30. The van der Waals surface area contributed by atoms with Crippen LogP contribution in [0, 0.1) is 6.57 Å². The summed E-state index contributed by atoms with van der Waals surface area (Å²) in [5, 5.41) is 2.52. The highest BCUT2D eigenvalue weighted by Crippen LogP contribution is 2.49. The second-order valence-electron chi connectivity index (χ2n) is 5.85. The molecule has 1 unspecified atom stereocenters. The first-order valence-electron chi connectivity index (χ1n) is 7.48. The van der Waals surface area contributed by atoms with Crippen LogP contribution in [-0.4, -0.2) is 36.0 Å². The fraction of sp³-hybridized carbons (Fsp3) is 0.438. The third-order valence-electron chi connectivity index (χ3n) is 4.23. The van der Waals surface area contributed by atoms with E-state index in [0.717, 1.165) is 18.4 Å². The molecular weight excluding hydrogens is 353 g/mol. The second kappa shape index (κ2) is 6.50. The van der Waals surface area contributed by atoms with Crippen molar-refractivity contribution < 1.29 is 14.3 Å². The number of cyclic esters (lactones) is 1. The van der Waals surface area contributed by atoms with Crippen molar-refractivity contribution in [1.29, 1.82) is 0 Å². The lowest BCUT2D eigenvalue weighted by molar-refractivity contribution is -0.119. The van der Waals surface area contributed by atoms with Crippen LogP contribution in [-0.2, 0) is 15.1 Å². The summed E-state index contributed by atoms with van der Waals surface area (Å²) in [5.41, 5.74) is 1.31. The van der Waals surface area contributed by atoms with E-state index in [2.05, 4.69) is 10.2 Å². The smallest absolute Gasteiger partial charge is 0.414 e. The van der Waals surface area contributed by atoms with Crippen molar-refractivity contribution in [2.45, 2.75) is 29.3 Å². The third kappa shape index (κ3) is 3.28. The third-order valence-corrected chi connectivity index (χ3v) is 4.63. The van der Waals surface area contributed by atoms with Gasteiger partial charge in [0.15, 0.2) is 4.84 Å². The first-order chi connectivity index (χ1) is 11.4. The van der Waals surface area contributed by atoms with Crippen molar-refractivity contribution in [3.05, 3.63) is 41.2 Å². The molecule has 2 aliphatic rings. The number of halogens is 2. The molecule has 0 radical (unpaired) electrons. The molecule has 1 N–H and O–H groups in total. The Morgan fingerprint density at radius 1 is 1.42 bits per heavy atom. The standard InChI is InChI=1S/C16H15Cl2N3O3/c1-19-16(6-7-16)10-2-4-11(5-3-10)21-9-12(24-15(21)23)8-20-14(22)13(17)18/h2-5,12-13H,6-9H2,(H,20,22). The van der Waals surface area contributed by atoms with Crippen LogP contribution in [0.25, 0.3) is 4.85 Å². The summed E-state index contributed by atoms with van der Waals surface area (Å²) in [5.74, 6) is -0.522. The van der Waals surface area contributed by atoms with Gasteiger partial charge in [-0.3, -0.25) is 9.69 Å². The van der Waals surface area contributed by atoms with Gasteiger partial charge in [0.2, 0.25) is 0 Å². The topological polar surface area (TPSA) is 63.0 Å². The van der Waals surface area contributed by atoms with Gasteiger partial charge in [-0.25, -0.2) is 11.4 Å². The molecule has 1 aromatic carbocycles. The highest BCUT2D eigenvalue weighted by atomic mass is 35.5. The lowest BCUT2D eigenvalue weighted by Crippen LogP contribution is -2.37. The van der Waals surface area contributed by atoms with Crippen LogP contribution in [0.15, 0.2) is 24.3 Å². The molecule has 1 aliphatic heterocycles. The fourth-order valence-electron chi connectivity index (χ4n) is 2.67. The van der Waals surface area contributed by atoms with Gasteiger partial charge < -0.3 is 14.9 Å². The van der Waals surface area contributed by atoms with Crippen molar-refractivity contribution >= 4 is 40.9 Å². The minimum absolute atomic E-state index is 0.149. The van der Waals surface area contributed by atoms with E-state index >= 15 is 0 Å². The number of alkyl halides is 2. The van der Waals surface area contributed by atoms with E-state index in [9.17, 15) is 9.59 Å². The van der Waals surface area contributed by atoms with Crippen molar-refractivity contribution in [3.63, 3.8) is 0 Å². The Morgan fingerprint density at radius 3 is 2.62 bits per heavy atom. The van der Waals surface area contributed by atoms with Crippen LogP contribution in [0.3, 0.4) is 0 Å². The molecule has 8 heteroatoms. The van der Waals surface area contributed by atoms with Gasteiger partial charge in [-0.2, -0.15) is 0 Å². The molecule has 0 bridgehead atoms. The molecule has 126 valence electrons. The Morgan fingerprint density at radius 2 is 2.08 bits per heavy atom.